The van der Waals surface area contributed by atoms with Crippen molar-refractivity contribution in [3.05, 3.63) is 53.1 Å². The second-order valence-corrected chi connectivity index (χ2v) is 6.92. The number of likely N-dealkylation sites (N-methyl/N-ethyl adjacent to an activating group) is 1. The van der Waals surface area contributed by atoms with E-state index < -0.39 is 0 Å². The van der Waals surface area contributed by atoms with Crippen molar-refractivity contribution in [1.82, 2.24) is 4.90 Å². The molecular weight excluding hydrogens is 335 g/mol. The van der Waals surface area contributed by atoms with Crippen molar-refractivity contribution in [2.24, 2.45) is 0 Å². The average molecular weight is 361 g/mol. The van der Waals surface area contributed by atoms with Gasteiger partial charge in [0.25, 0.3) is 0 Å². The lowest BCUT2D eigenvalue weighted by Gasteiger charge is -2.36. The quantitative estimate of drug-likeness (QED) is 0.711. The lowest BCUT2D eigenvalue weighted by Crippen LogP contribution is -2.46. The molecule has 1 fully saturated rings. The summed E-state index contributed by atoms with van der Waals surface area (Å²) in [5.41, 5.74) is 4.41. The maximum Gasteiger partial charge on any atom is 0.0897 e. The summed E-state index contributed by atoms with van der Waals surface area (Å²) >= 11 is 6.69. The number of halogens is 2. The number of anilines is 1. The first-order valence-electron chi connectivity index (χ1n) is 9.14. The van der Waals surface area contributed by atoms with E-state index in [4.69, 9.17) is 11.6 Å². The standard InChI is InChI=1S/C21H26ClFN2/c1-2-24-11-13-25(14-12-24)19-15-18(9-6-10-23)21(22)20(16-19)17-7-4-3-5-8-17/h3-5,7-8,15-16H,2,6,9-14H2,1H3. The van der Waals surface area contributed by atoms with Crippen molar-refractivity contribution < 1.29 is 4.39 Å². The molecule has 0 saturated carbocycles. The van der Waals surface area contributed by atoms with E-state index in [1.807, 2.05) is 18.2 Å². The molecule has 0 amide bonds. The fraction of sp³-hybridized carbons (Fsp3) is 0.429. The SMILES string of the molecule is CCN1CCN(c2cc(CCCF)c(Cl)c(-c3ccccc3)c2)CC1. The Kier molecular flexibility index (Phi) is 6.33. The predicted molar refractivity (Wildman–Crippen MR) is 106 cm³/mol. The van der Waals surface area contributed by atoms with Crippen LogP contribution in [0.1, 0.15) is 18.9 Å². The van der Waals surface area contributed by atoms with Gasteiger partial charge in [-0.25, -0.2) is 0 Å². The molecule has 1 aliphatic rings. The molecule has 2 aromatic carbocycles. The van der Waals surface area contributed by atoms with Crippen molar-refractivity contribution in [3.8, 4) is 11.1 Å². The lowest BCUT2D eigenvalue weighted by atomic mass is 9.99. The zero-order valence-electron chi connectivity index (χ0n) is 14.8. The maximum absolute atomic E-state index is 12.7. The summed E-state index contributed by atoms with van der Waals surface area (Å²) in [7, 11) is 0. The van der Waals surface area contributed by atoms with Crippen LogP contribution >= 0.6 is 11.6 Å². The van der Waals surface area contributed by atoms with Crippen LogP contribution in [-0.4, -0.2) is 44.3 Å². The largest absolute Gasteiger partial charge is 0.369 e. The normalized spacial score (nSPS) is 15.6. The van der Waals surface area contributed by atoms with Gasteiger partial charge in [-0.3, -0.25) is 4.39 Å². The molecule has 1 heterocycles. The van der Waals surface area contributed by atoms with Gasteiger partial charge in [-0.1, -0.05) is 48.9 Å². The van der Waals surface area contributed by atoms with Gasteiger partial charge in [0, 0.05) is 37.4 Å². The fourth-order valence-corrected chi connectivity index (χ4v) is 3.75. The molecule has 0 aromatic heterocycles. The molecule has 1 aliphatic heterocycles. The van der Waals surface area contributed by atoms with Crippen LogP contribution in [0.2, 0.25) is 5.02 Å². The second-order valence-electron chi connectivity index (χ2n) is 6.55. The van der Waals surface area contributed by atoms with E-state index in [1.165, 1.54) is 5.69 Å². The van der Waals surface area contributed by atoms with Crippen LogP contribution < -0.4 is 4.90 Å². The van der Waals surface area contributed by atoms with E-state index in [9.17, 15) is 4.39 Å². The van der Waals surface area contributed by atoms with Crippen LogP contribution in [0.4, 0.5) is 10.1 Å². The number of hydrogen-bond acceptors (Lipinski definition) is 2. The lowest BCUT2D eigenvalue weighted by molar-refractivity contribution is 0.271. The molecular formula is C21H26ClFN2. The highest BCUT2D eigenvalue weighted by Gasteiger charge is 2.19. The Bertz CT molecular complexity index is 682. The van der Waals surface area contributed by atoms with Gasteiger partial charge in [0.1, 0.15) is 0 Å². The van der Waals surface area contributed by atoms with Crippen LogP contribution in [0.3, 0.4) is 0 Å². The molecule has 134 valence electrons. The number of alkyl halides is 1. The smallest absolute Gasteiger partial charge is 0.0897 e. The molecule has 0 spiro atoms. The number of hydrogen-bond donors (Lipinski definition) is 0. The van der Waals surface area contributed by atoms with Gasteiger partial charge in [0.15, 0.2) is 0 Å². The van der Waals surface area contributed by atoms with Crippen LogP contribution in [0.5, 0.6) is 0 Å². The molecule has 4 heteroatoms. The van der Waals surface area contributed by atoms with Gasteiger partial charge in [-0.15, -0.1) is 0 Å². The van der Waals surface area contributed by atoms with Crippen LogP contribution in [0.25, 0.3) is 11.1 Å². The number of rotatable bonds is 6. The Hall–Kier alpha value is -1.58. The summed E-state index contributed by atoms with van der Waals surface area (Å²) in [4.78, 5) is 4.89. The first-order valence-corrected chi connectivity index (χ1v) is 9.51. The van der Waals surface area contributed by atoms with Crippen molar-refractivity contribution in [1.29, 1.82) is 0 Å². The Morgan fingerprint density at radius 3 is 2.40 bits per heavy atom. The third-order valence-electron chi connectivity index (χ3n) is 4.98. The molecule has 1 saturated heterocycles. The molecule has 0 N–H and O–H groups in total. The van der Waals surface area contributed by atoms with Gasteiger partial charge in [0.2, 0.25) is 0 Å². The highest BCUT2D eigenvalue weighted by Crippen LogP contribution is 2.36. The zero-order chi connectivity index (χ0) is 17.6. The monoisotopic (exact) mass is 360 g/mol. The van der Waals surface area contributed by atoms with Gasteiger partial charge in [0.05, 0.1) is 11.7 Å². The van der Waals surface area contributed by atoms with Crippen LogP contribution in [-0.2, 0) is 6.42 Å². The van der Waals surface area contributed by atoms with Crippen LogP contribution in [0, 0.1) is 0 Å². The number of nitrogens with zero attached hydrogens (tertiary/aromatic N) is 2. The first kappa shape index (κ1) is 18.2. The minimum Gasteiger partial charge on any atom is -0.369 e. The Labute approximate surface area is 155 Å². The fourth-order valence-electron chi connectivity index (χ4n) is 3.44. The molecule has 2 aromatic rings. The third-order valence-corrected chi connectivity index (χ3v) is 5.43. The van der Waals surface area contributed by atoms with Gasteiger partial charge in [-0.05, 0) is 42.6 Å². The first-order chi connectivity index (χ1) is 12.2. The molecule has 0 unspecified atom stereocenters. The Morgan fingerprint density at radius 1 is 1.04 bits per heavy atom. The van der Waals surface area contributed by atoms with Gasteiger partial charge < -0.3 is 9.80 Å². The predicted octanol–water partition coefficient (Wildman–Crippen LogP) is 5.05. The Morgan fingerprint density at radius 2 is 1.76 bits per heavy atom. The topological polar surface area (TPSA) is 6.48 Å². The molecule has 25 heavy (non-hydrogen) atoms. The van der Waals surface area contributed by atoms with E-state index in [0.29, 0.717) is 12.8 Å². The number of benzene rings is 2. The minimum atomic E-state index is -0.309. The van der Waals surface area contributed by atoms with E-state index in [-0.39, 0.29) is 6.67 Å². The third kappa shape index (κ3) is 4.34. The average Bonchev–Trinajstić information content (AvgIpc) is 2.68. The maximum atomic E-state index is 12.7. The minimum absolute atomic E-state index is 0.309. The zero-order valence-corrected chi connectivity index (χ0v) is 15.6. The number of piperazine rings is 1. The van der Waals surface area contributed by atoms with Gasteiger partial charge >= 0.3 is 0 Å². The molecule has 0 bridgehead atoms. The van der Waals surface area contributed by atoms with Crippen LogP contribution in [0.15, 0.2) is 42.5 Å². The van der Waals surface area contributed by atoms with E-state index >= 15 is 0 Å². The second kappa shape index (κ2) is 8.68. The van der Waals surface area contributed by atoms with E-state index in [2.05, 4.69) is 41.0 Å². The summed E-state index contributed by atoms with van der Waals surface area (Å²) in [5, 5.41) is 0.760. The van der Waals surface area contributed by atoms with Crippen molar-refractivity contribution in [3.63, 3.8) is 0 Å². The summed E-state index contributed by atoms with van der Waals surface area (Å²) < 4.78 is 12.7. The Balaban J connectivity index is 1.95. The van der Waals surface area contributed by atoms with Gasteiger partial charge in [-0.2, -0.15) is 0 Å². The van der Waals surface area contributed by atoms with E-state index in [1.54, 1.807) is 0 Å². The summed E-state index contributed by atoms with van der Waals surface area (Å²) in [6.45, 7) is 7.21. The van der Waals surface area contributed by atoms with Crippen molar-refractivity contribution >= 4 is 17.3 Å². The summed E-state index contributed by atoms with van der Waals surface area (Å²) in [6.07, 6.45) is 1.19. The summed E-state index contributed by atoms with van der Waals surface area (Å²) in [5.74, 6) is 0. The summed E-state index contributed by atoms with van der Waals surface area (Å²) in [6, 6.07) is 14.6. The van der Waals surface area contributed by atoms with Crippen molar-refractivity contribution in [2.75, 3.05) is 44.3 Å². The van der Waals surface area contributed by atoms with Crippen molar-refractivity contribution in [2.45, 2.75) is 19.8 Å². The molecule has 3 rings (SSSR count). The highest BCUT2D eigenvalue weighted by atomic mass is 35.5. The van der Waals surface area contributed by atoms with E-state index in [0.717, 1.165) is 54.4 Å². The molecule has 0 aliphatic carbocycles. The number of aryl methyl sites for hydroxylation is 1. The molecule has 2 nitrogen and oxygen atoms in total. The highest BCUT2D eigenvalue weighted by molar-refractivity contribution is 6.34. The molecule has 0 atom stereocenters. The molecule has 0 radical (unpaired) electrons.